The van der Waals surface area contributed by atoms with Crippen molar-refractivity contribution in [1.29, 1.82) is 0 Å². The number of hydrogen-bond donors (Lipinski definition) is 1. The van der Waals surface area contributed by atoms with Crippen LogP contribution in [0.15, 0.2) is 53.5 Å². The molecule has 1 heterocycles. The van der Waals surface area contributed by atoms with Crippen molar-refractivity contribution >= 4 is 5.91 Å². The standard InChI is InChI=1S/C20H13F6N3O2/c1-29-15(17(27)30)9-28-16(18(29)31)11-4-2-3-10(7-11)13-6-5-12(19(21,22)23)8-14(13)20(24,25)26/h2-9H,1H3,(H2,27,30). The van der Waals surface area contributed by atoms with E-state index in [1.54, 1.807) is 0 Å². The van der Waals surface area contributed by atoms with E-state index in [4.69, 9.17) is 5.73 Å². The van der Waals surface area contributed by atoms with Gasteiger partial charge in [0, 0.05) is 12.6 Å². The zero-order chi connectivity index (χ0) is 23.1. The lowest BCUT2D eigenvalue weighted by molar-refractivity contribution is -0.142. The third-order valence-electron chi connectivity index (χ3n) is 4.54. The van der Waals surface area contributed by atoms with E-state index in [9.17, 15) is 35.9 Å². The van der Waals surface area contributed by atoms with E-state index in [1.807, 2.05) is 0 Å². The summed E-state index contributed by atoms with van der Waals surface area (Å²) in [6, 6.07) is 6.53. The van der Waals surface area contributed by atoms with Gasteiger partial charge in [0.05, 0.1) is 17.3 Å². The van der Waals surface area contributed by atoms with Crippen LogP contribution in [0.4, 0.5) is 26.3 Å². The normalized spacial score (nSPS) is 12.1. The Morgan fingerprint density at radius 2 is 1.61 bits per heavy atom. The second-order valence-electron chi connectivity index (χ2n) is 6.56. The van der Waals surface area contributed by atoms with Crippen molar-refractivity contribution in [3.05, 3.63) is 75.8 Å². The third kappa shape index (κ3) is 4.30. The molecule has 0 atom stereocenters. The van der Waals surface area contributed by atoms with Crippen LogP contribution < -0.4 is 11.3 Å². The van der Waals surface area contributed by atoms with Gasteiger partial charge >= 0.3 is 12.4 Å². The SMILES string of the molecule is Cn1c(C(N)=O)cnc(-c2cccc(-c3ccc(C(F)(F)F)cc3C(F)(F)F)c2)c1=O. The number of carbonyl (C=O) groups excluding carboxylic acids is 1. The van der Waals surface area contributed by atoms with Crippen LogP contribution in [0, 0.1) is 0 Å². The summed E-state index contributed by atoms with van der Waals surface area (Å²) in [5.74, 6) is -0.896. The lowest BCUT2D eigenvalue weighted by Gasteiger charge is -2.16. The minimum atomic E-state index is -5.05. The van der Waals surface area contributed by atoms with E-state index in [2.05, 4.69) is 4.98 Å². The monoisotopic (exact) mass is 441 g/mol. The molecule has 0 unspecified atom stereocenters. The Morgan fingerprint density at radius 1 is 0.968 bits per heavy atom. The van der Waals surface area contributed by atoms with Gasteiger partial charge in [-0.1, -0.05) is 24.3 Å². The van der Waals surface area contributed by atoms with Gasteiger partial charge in [-0.3, -0.25) is 9.59 Å². The van der Waals surface area contributed by atoms with Crippen molar-refractivity contribution in [3.8, 4) is 22.4 Å². The average molecular weight is 441 g/mol. The summed E-state index contributed by atoms with van der Waals surface area (Å²) in [6.45, 7) is 0. The summed E-state index contributed by atoms with van der Waals surface area (Å²) in [6.07, 6.45) is -8.95. The van der Waals surface area contributed by atoms with Crippen LogP contribution in [0.2, 0.25) is 0 Å². The molecule has 0 aliphatic heterocycles. The molecule has 162 valence electrons. The molecule has 3 aromatic rings. The molecule has 0 bridgehead atoms. The Labute approximate surface area is 170 Å². The van der Waals surface area contributed by atoms with Crippen molar-refractivity contribution in [2.45, 2.75) is 12.4 Å². The summed E-state index contributed by atoms with van der Waals surface area (Å²) in [5.41, 5.74) is 0.728. The molecular formula is C20H13F6N3O2. The van der Waals surface area contributed by atoms with E-state index >= 15 is 0 Å². The van der Waals surface area contributed by atoms with E-state index < -0.39 is 40.5 Å². The van der Waals surface area contributed by atoms with E-state index in [-0.39, 0.29) is 28.6 Å². The topological polar surface area (TPSA) is 78.0 Å². The predicted octanol–water partition coefficient (Wildman–Crippen LogP) is 4.25. The first-order chi connectivity index (χ1) is 14.3. The summed E-state index contributed by atoms with van der Waals surface area (Å²) in [4.78, 5) is 27.7. The molecule has 31 heavy (non-hydrogen) atoms. The molecule has 0 fully saturated rings. The Morgan fingerprint density at radius 3 is 2.19 bits per heavy atom. The molecule has 2 N–H and O–H groups in total. The van der Waals surface area contributed by atoms with Gasteiger partial charge in [-0.25, -0.2) is 4.98 Å². The summed E-state index contributed by atoms with van der Waals surface area (Å²) < 4.78 is 80.1. The third-order valence-corrected chi connectivity index (χ3v) is 4.54. The molecule has 0 aliphatic carbocycles. The number of hydrogen-bond acceptors (Lipinski definition) is 3. The van der Waals surface area contributed by atoms with Crippen LogP contribution in [0.3, 0.4) is 0 Å². The van der Waals surface area contributed by atoms with Gasteiger partial charge in [-0.2, -0.15) is 26.3 Å². The first-order valence-corrected chi connectivity index (χ1v) is 8.56. The lowest BCUT2D eigenvalue weighted by atomic mass is 9.95. The van der Waals surface area contributed by atoms with Gasteiger partial charge in [0.15, 0.2) is 0 Å². The van der Waals surface area contributed by atoms with Crippen LogP contribution in [0.25, 0.3) is 22.4 Å². The minimum Gasteiger partial charge on any atom is -0.364 e. The second kappa shape index (κ2) is 7.56. The van der Waals surface area contributed by atoms with Gasteiger partial charge in [-0.15, -0.1) is 0 Å². The molecule has 0 saturated heterocycles. The summed E-state index contributed by atoms with van der Waals surface area (Å²) in [7, 11) is 1.27. The van der Waals surface area contributed by atoms with Crippen molar-refractivity contribution in [2.24, 2.45) is 12.8 Å². The number of amides is 1. The van der Waals surface area contributed by atoms with Crippen molar-refractivity contribution < 1.29 is 31.1 Å². The minimum absolute atomic E-state index is 0.0426. The Balaban J connectivity index is 2.18. The number of benzene rings is 2. The Bertz CT molecular complexity index is 1230. The van der Waals surface area contributed by atoms with E-state index in [0.717, 1.165) is 16.8 Å². The molecule has 11 heteroatoms. The number of carbonyl (C=O) groups is 1. The highest BCUT2D eigenvalue weighted by molar-refractivity contribution is 5.91. The van der Waals surface area contributed by atoms with Crippen molar-refractivity contribution in [1.82, 2.24) is 9.55 Å². The van der Waals surface area contributed by atoms with Crippen molar-refractivity contribution in [2.75, 3.05) is 0 Å². The molecule has 0 radical (unpaired) electrons. The highest BCUT2D eigenvalue weighted by atomic mass is 19.4. The molecule has 0 aliphatic rings. The largest absolute Gasteiger partial charge is 0.417 e. The van der Waals surface area contributed by atoms with Gasteiger partial charge in [0.2, 0.25) is 0 Å². The van der Waals surface area contributed by atoms with Gasteiger partial charge < -0.3 is 10.3 Å². The van der Waals surface area contributed by atoms with Crippen LogP contribution in [0.5, 0.6) is 0 Å². The van der Waals surface area contributed by atoms with Crippen molar-refractivity contribution in [3.63, 3.8) is 0 Å². The van der Waals surface area contributed by atoms with Gasteiger partial charge in [-0.05, 0) is 29.3 Å². The fraction of sp³-hybridized carbons (Fsp3) is 0.150. The summed E-state index contributed by atoms with van der Waals surface area (Å²) in [5, 5.41) is 0. The lowest BCUT2D eigenvalue weighted by Crippen LogP contribution is -2.28. The molecule has 5 nitrogen and oxygen atoms in total. The number of nitrogens with two attached hydrogens (primary N) is 1. The molecule has 1 amide bonds. The van der Waals surface area contributed by atoms with Crippen LogP contribution in [0.1, 0.15) is 21.6 Å². The maximum absolute atomic E-state index is 13.5. The molecule has 3 rings (SSSR count). The fourth-order valence-corrected chi connectivity index (χ4v) is 3.00. The van der Waals surface area contributed by atoms with Gasteiger partial charge in [0.25, 0.3) is 11.5 Å². The van der Waals surface area contributed by atoms with E-state index in [1.165, 1.54) is 31.3 Å². The maximum Gasteiger partial charge on any atom is 0.417 e. The fourth-order valence-electron chi connectivity index (χ4n) is 3.00. The number of primary amides is 1. The Kier molecular flexibility index (Phi) is 5.38. The van der Waals surface area contributed by atoms with E-state index in [0.29, 0.717) is 6.07 Å². The number of nitrogens with zero attached hydrogens (tertiary/aromatic N) is 2. The highest BCUT2D eigenvalue weighted by Gasteiger charge is 2.38. The smallest absolute Gasteiger partial charge is 0.364 e. The molecule has 0 spiro atoms. The first kappa shape index (κ1) is 22.1. The zero-order valence-electron chi connectivity index (χ0n) is 15.7. The molecule has 0 saturated carbocycles. The average Bonchev–Trinajstić information content (AvgIpc) is 2.68. The number of aromatic nitrogens is 2. The second-order valence-corrected chi connectivity index (χ2v) is 6.56. The molecule has 1 aromatic heterocycles. The number of rotatable bonds is 3. The summed E-state index contributed by atoms with van der Waals surface area (Å²) >= 11 is 0. The quantitative estimate of drug-likeness (QED) is 0.618. The highest BCUT2D eigenvalue weighted by Crippen LogP contribution is 2.41. The predicted molar refractivity (Wildman–Crippen MR) is 98.9 cm³/mol. The maximum atomic E-state index is 13.5. The van der Waals surface area contributed by atoms with Gasteiger partial charge in [0.1, 0.15) is 11.4 Å². The Hall–Kier alpha value is -3.63. The zero-order valence-corrected chi connectivity index (χ0v) is 15.7. The molecule has 2 aromatic carbocycles. The van der Waals surface area contributed by atoms with Crippen LogP contribution in [-0.2, 0) is 19.4 Å². The molecular weight excluding hydrogens is 428 g/mol. The first-order valence-electron chi connectivity index (χ1n) is 8.56. The number of alkyl halides is 6. The van der Waals surface area contributed by atoms with Crippen LogP contribution in [-0.4, -0.2) is 15.5 Å². The number of halogens is 6. The van der Waals surface area contributed by atoms with Crippen LogP contribution >= 0.6 is 0 Å².